The zero-order valence-electron chi connectivity index (χ0n) is 16.3. The molecule has 1 saturated heterocycles. The van der Waals surface area contributed by atoms with Gasteiger partial charge in [-0.05, 0) is 69.1 Å². The van der Waals surface area contributed by atoms with Crippen molar-refractivity contribution in [2.75, 3.05) is 18.0 Å². The number of piperidine rings is 1. The second kappa shape index (κ2) is 7.01. The molecule has 0 saturated carbocycles. The molecule has 2 N–H and O–H groups in total. The van der Waals surface area contributed by atoms with Crippen LogP contribution >= 0.6 is 0 Å². The van der Waals surface area contributed by atoms with E-state index in [4.69, 9.17) is 5.73 Å². The van der Waals surface area contributed by atoms with E-state index >= 15 is 0 Å². The molecule has 142 valence electrons. The molecule has 2 aliphatic rings. The third-order valence-corrected chi connectivity index (χ3v) is 6.13. The molecule has 0 radical (unpaired) electrons. The quantitative estimate of drug-likeness (QED) is 0.887. The molecule has 1 amide bonds. The van der Waals surface area contributed by atoms with Crippen molar-refractivity contribution in [1.82, 2.24) is 4.90 Å². The second-order valence-corrected chi connectivity index (χ2v) is 8.35. The van der Waals surface area contributed by atoms with Gasteiger partial charge in [0.2, 0.25) is 5.91 Å². The van der Waals surface area contributed by atoms with Gasteiger partial charge < -0.3 is 10.6 Å². The lowest BCUT2D eigenvalue weighted by atomic mass is 9.82. The van der Waals surface area contributed by atoms with E-state index in [9.17, 15) is 4.79 Å². The molecule has 1 unspecified atom stereocenters. The summed E-state index contributed by atoms with van der Waals surface area (Å²) < 4.78 is 0. The monoisotopic (exact) mass is 363 g/mol. The summed E-state index contributed by atoms with van der Waals surface area (Å²) in [4.78, 5) is 17.4. The van der Waals surface area contributed by atoms with Crippen molar-refractivity contribution in [2.24, 2.45) is 5.73 Å². The van der Waals surface area contributed by atoms with Crippen molar-refractivity contribution in [2.45, 2.75) is 51.1 Å². The van der Waals surface area contributed by atoms with Crippen LogP contribution in [0.5, 0.6) is 0 Å². The summed E-state index contributed by atoms with van der Waals surface area (Å²) in [6.07, 6.45) is 3.84. The topological polar surface area (TPSA) is 49.6 Å². The number of primary amides is 1. The Morgan fingerprint density at radius 1 is 1.04 bits per heavy atom. The fourth-order valence-electron chi connectivity index (χ4n) is 4.96. The summed E-state index contributed by atoms with van der Waals surface area (Å²) in [5, 5.41) is 0. The number of nitrogens with zero attached hydrogens (tertiary/aromatic N) is 2. The molecule has 2 aromatic carbocycles. The Hall–Kier alpha value is -2.33. The minimum atomic E-state index is -0.409. The van der Waals surface area contributed by atoms with E-state index in [1.54, 1.807) is 0 Å². The highest BCUT2D eigenvalue weighted by atomic mass is 16.1. The number of nitrogens with two attached hydrogens (primary N) is 1. The summed E-state index contributed by atoms with van der Waals surface area (Å²) in [5.41, 5.74) is 10.1. The minimum Gasteiger partial charge on any atom is -0.369 e. The molecule has 0 spiro atoms. The van der Waals surface area contributed by atoms with Gasteiger partial charge in [0.15, 0.2) is 0 Å². The van der Waals surface area contributed by atoms with Gasteiger partial charge in [0.25, 0.3) is 0 Å². The fraction of sp³-hybridized carbons (Fsp3) is 0.435. The number of hydrogen-bond acceptors (Lipinski definition) is 3. The molecule has 1 atom stereocenters. The normalized spacial score (nSPS) is 21.9. The van der Waals surface area contributed by atoms with Crippen LogP contribution in [0.1, 0.15) is 50.2 Å². The lowest BCUT2D eigenvalue weighted by Crippen LogP contribution is -2.45. The zero-order valence-corrected chi connectivity index (χ0v) is 16.3. The smallest absolute Gasteiger partial charge is 0.227 e. The van der Waals surface area contributed by atoms with Gasteiger partial charge in [0, 0.05) is 17.9 Å². The lowest BCUT2D eigenvalue weighted by molar-refractivity contribution is -0.120. The molecule has 27 heavy (non-hydrogen) atoms. The molecule has 0 bridgehead atoms. The van der Waals surface area contributed by atoms with Crippen molar-refractivity contribution in [3.63, 3.8) is 0 Å². The van der Waals surface area contributed by atoms with Crippen LogP contribution in [0.15, 0.2) is 48.5 Å². The van der Waals surface area contributed by atoms with Crippen LogP contribution in [0.4, 0.5) is 11.4 Å². The van der Waals surface area contributed by atoms with Crippen LogP contribution < -0.4 is 10.6 Å². The summed E-state index contributed by atoms with van der Waals surface area (Å²) in [7, 11) is 0. The molecule has 4 rings (SSSR count). The number of anilines is 2. The Morgan fingerprint density at radius 3 is 2.41 bits per heavy atom. The molecule has 0 aromatic heterocycles. The molecular weight excluding hydrogens is 334 g/mol. The molecule has 4 heteroatoms. The van der Waals surface area contributed by atoms with E-state index in [0.29, 0.717) is 0 Å². The van der Waals surface area contributed by atoms with Gasteiger partial charge in [-0.15, -0.1) is 0 Å². The van der Waals surface area contributed by atoms with Crippen LogP contribution in [0.25, 0.3) is 0 Å². The standard InChI is InChI=1S/C23H29N3O/c1-23(2)21(22(24)27)20-17(16-25-14-7-4-8-15-25)10-9-13-19(20)26(23)18-11-5-3-6-12-18/h3,5-6,9-13,21H,4,7-8,14-16H2,1-2H3,(H2,24,27). The van der Waals surface area contributed by atoms with E-state index in [-0.39, 0.29) is 11.8 Å². The maximum Gasteiger partial charge on any atom is 0.227 e. The maximum atomic E-state index is 12.6. The highest BCUT2D eigenvalue weighted by Crippen LogP contribution is 2.52. The van der Waals surface area contributed by atoms with E-state index in [1.807, 2.05) is 18.2 Å². The summed E-state index contributed by atoms with van der Waals surface area (Å²) in [6, 6.07) is 16.7. The number of likely N-dealkylation sites (tertiary alicyclic amines) is 1. The van der Waals surface area contributed by atoms with Crippen LogP contribution in [0.2, 0.25) is 0 Å². The first-order valence-electron chi connectivity index (χ1n) is 9.99. The fourth-order valence-corrected chi connectivity index (χ4v) is 4.96. The number of carbonyl (C=O) groups excluding carboxylic acids is 1. The predicted molar refractivity (Wildman–Crippen MR) is 110 cm³/mol. The van der Waals surface area contributed by atoms with Crippen LogP contribution in [0, 0.1) is 0 Å². The molecule has 0 aliphatic carbocycles. The molecule has 2 aromatic rings. The SMILES string of the molecule is CC1(C)C(C(N)=O)c2c(CN3CCCCC3)cccc2N1c1ccccc1. The highest BCUT2D eigenvalue weighted by Gasteiger charge is 2.49. The summed E-state index contributed by atoms with van der Waals surface area (Å²) >= 11 is 0. The average molecular weight is 364 g/mol. The number of hydrogen-bond donors (Lipinski definition) is 1. The van der Waals surface area contributed by atoms with Crippen molar-refractivity contribution in [1.29, 1.82) is 0 Å². The Morgan fingerprint density at radius 2 is 1.74 bits per heavy atom. The van der Waals surface area contributed by atoms with Crippen LogP contribution in [0.3, 0.4) is 0 Å². The third-order valence-electron chi connectivity index (χ3n) is 6.13. The first-order chi connectivity index (χ1) is 13.0. The van der Waals surface area contributed by atoms with Gasteiger partial charge in [-0.25, -0.2) is 0 Å². The summed E-state index contributed by atoms with van der Waals surface area (Å²) in [6.45, 7) is 7.42. The predicted octanol–water partition coefficient (Wildman–Crippen LogP) is 4.17. The molecule has 2 heterocycles. The van der Waals surface area contributed by atoms with Gasteiger partial charge in [-0.3, -0.25) is 9.69 Å². The number of carbonyl (C=O) groups is 1. The zero-order chi connectivity index (χ0) is 19.0. The van der Waals surface area contributed by atoms with Crippen molar-refractivity contribution >= 4 is 17.3 Å². The van der Waals surface area contributed by atoms with E-state index < -0.39 is 5.54 Å². The van der Waals surface area contributed by atoms with E-state index in [1.165, 1.54) is 24.8 Å². The number of rotatable bonds is 4. The first kappa shape index (κ1) is 18.1. The Kier molecular flexibility index (Phi) is 4.68. The third kappa shape index (κ3) is 3.12. The van der Waals surface area contributed by atoms with Gasteiger partial charge in [0.1, 0.15) is 0 Å². The summed E-state index contributed by atoms with van der Waals surface area (Å²) in [5.74, 6) is -0.570. The van der Waals surface area contributed by atoms with Gasteiger partial charge in [-0.1, -0.05) is 36.8 Å². The average Bonchev–Trinajstić information content (AvgIpc) is 2.90. The molecular formula is C23H29N3O. The number of amides is 1. The Bertz CT molecular complexity index is 825. The molecule has 4 nitrogen and oxygen atoms in total. The van der Waals surface area contributed by atoms with Gasteiger partial charge in [0.05, 0.1) is 11.5 Å². The minimum absolute atomic E-state index is 0.245. The van der Waals surface area contributed by atoms with E-state index in [2.05, 4.69) is 54.0 Å². The number of para-hydroxylation sites is 1. The van der Waals surface area contributed by atoms with Crippen molar-refractivity contribution in [3.8, 4) is 0 Å². The Labute approximate surface area is 162 Å². The first-order valence-corrected chi connectivity index (χ1v) is 9.99. The van der Waals surface area contributed by atoms with Crippen LogP contribution in [-0.4, -0.2) is 29.4 Å². The maximum absolute atomic E-state index is 12.6. The lowest BCUT2D eigenvalue weighted by Gasteiger charge is -2.37. The van der Waals surface area contributed by atoms with E-state index in [0.717, 1.165) is 36.6 Å². The van der Waals surface area contributed by atoms with Crippen LogP contribution in [-0.2, 0) is 11.3 Å². The second-order valence-electron chi connectivity index (χ2n) is 8.35. The van der Waals surface area contributed by atoms with Crippen molar-refractivity contribution in [3.05, 3.63) is 59.7 Å². The largest absolute Gasteiger partial charge is 0.369 e. The number of fused-ring (bicyclic) bond motifs is 1. The Balaban J connectivity index is 1.82. The molecule has 1 fully saturated rings. The molecule has 2 aliphatic heterocycles. The van der Waals surface area contributed by atoms with Gasteiger partial charge >= 0.3 is 0 Å². The highest BCUT2D eigenvalue weighted by molar-refractivity contribution is 5.92. The van der Waals surface area contributed by atoms with Crippen molar-refractivity contribution < 1.29 is 4.79 Å². The number of benzene rings is 2. The van der Waals surface area contributed by atoms with Gasteiger partial charge in [-0.2, -0.15) is 0 Å².